The van der Waals surface area contributed by atoms with Gasteiger partial charge >= 0.3 is 37.2 Å². The summed E-state index contributed by atoms with van der Waals surface area (Å²) < 4.78 is 10.7. The van der Waals surface area contributed by atoms with E-state index in [1.165, 1.54) is 0 Å². The fourth-order valence-corrected chi connectivity index (χ4v) is 1.88. The molecule has 0 atom stereocenters. The van der Waals surface area contributed by atoms with E-state index in [-0.39, 0.29) is 40.8 Å². The van der Waals surface area contributed by atoms with Gasteiger partial charge in [-0.25, -0.2) is 0 Å². The maximum absolute atomic E-state index is 10.7. The molecule has 0 heterocycles. The van der Waals surface area contributed by atoms with E-state index in [2.05, 4.69) is 17.5 Å². The summed E-state index contributed by atoms with van der Waals surface area (Å²) in [5.74, 6) is 0. The number of hydrogen-bond donors (Lipinski definition) is 4. The molecule has 5 N–H and O–H groups in total. The molecule has 1 aromatic carbocycles. The van der Waals surface area contributed by atoms with Gasteiger partial charge in [0.15, 0.2) is 5.11 Å². The second kappa shape index (κ2) is 6.71. The molecule has 0 saturated heterocycles. The molecule has 16 heavy (non-hydrogen) atoms. The van der Waals surface area contributed by atoms with Gasteiger partial charge < -0.3 is 20.8 Å². The molecule has 0 amide bonds. The van der Waals surface area contributed by atoms with Crippen molar-refractivity contribution in [1.29, 1.82) is 0 Å². The van der Waals surface area contributed by atoms with Gasteiger partial charge in [0.05, 0.1) is 6.16 Å². The van der Waals surface area contributed by atoms with Gasteiger partial charge in [0.25, 0.3) is 0 Å². The Morgan fingerprint density at radius 1 is 1.38 bits per heavy atom. The van der Waals surface area contributed by atoms with Crippen LogP contribution in [-0.4, -0.2) is 44.5 Å². The van der Waals surface area contributed by atoms with Crippen LogP contribution in [0.3, 0.4) is 0 Å². The number of rotatable bonds is 3. The minimum absolute atomic E-state index is 0. The third-order valence-electron chi connectivity index (χ3n) is 1.61. The van der Waals surface area contributed by atoms with E-state index in [1.807, 2.05) is 0 Å². The molecular weight excluding hydrogens is 258 g/mol. The number of thiocarbonyl (C=S) groups is 1. The summed E-state index contributed by atoms with van der Waals surface area (Å²) in [5.41, 5.74) is 6.52. The fraction of sp³-hybridized carbons (Fsp3) is 0.125. The predicted octanol–water partition coefficient (Wildman–Crippen LogP) is 0.371. The van der Waals surface area contributed by atoms with Gasteiger partial charge in [0.2, 0.25) is 0 Å². The van der Waals surface area contributed by atoms with Gasteiger partial charge in [-0.2, -0.15) is 0 Å². The van der Waals surface area contributed by atoms with Crippen molar-refractivity contribution in [3.8, 4) is 0 Å². The van der Waals surface area contributed by atoms with Crippen LogP contribution in [-0.2, 0) is 10.7 Å². The normalized spacial score (nSPS) is 10.4. The van der Waals surface area contributed by atoms with Crippen LogP contribution in [0.15, 0.2) is 24.3 Å². The van der Waals surface area contributed by atoms with Crippen LogP contribution in [0.1, 0.15) is 5.56 Å². The van der Waals surface area contributed by atoms with Gasteiger partial charge in [0.1, 0.15) is 0 Å². The van der Waals surface area contributed by atoms with E-state index in [1.54, 1.807) is 24.3 Å². The molecule has 0 saturated carbocycles. The van der Waals surface area contributed by atoms with Gasteiger partial charge in [0, 0.05) is 5.69 Å². The van der Waals surface area contributed by atoms with Crippen molar-refractivity contribution in [2.24, 2.45) is 5.73 Å². The van der Waals surface area contributed by atoms with E-state index >= 15 is 0 Å². The van der Waals surface area contributed by atoms with E-state index in [0.717, 1.165) is 0 Å². The number of benzene rings is 1. The summed E-state index contributed by atoms with van der Waals surface area (Å²) in [6, 6.07) is 6.54. The molecule has 0 radical (unpaired) electrons. The Morgan fingerprint density at radius 3 is 2.25 bits per heavy atom. The molecule has 0 bridgehead atoms. The van der Waals surface area contributed by atoms with Crippen LogP contribution in [0.25, 0.3) is 0 Å². The Bertz CT molecular complexity index is 406. The van der Waals surface area contributed by atoms with Gasteiger partial charge in [-0.1, -0.05) is 12.1 Å². The number of nitrogens with two attached hydrogens (primary N) is 1. The first kappa shape index (κ1) is 16.1. The fourth-order valence-electron chi connectivity index (χ4n) is 1.07. The number of anilines is 1. The molecule has 0 aliphatic heterocycles. The summed E-state index contributed by atoms with van der Waals surface area (Å²) in [6.07, 6.45) is -0.264. The minimum atomic E-state index is -4.00. The van der Waals surface area contributed by atoms with Gasteiger partial charge in [-0.15, -0.1) is 0 Å². The molecule has 1 rings (SSSR count). The van der Waals surface area contributed by atoms with Crippen molar-refractivity contribution in [3.63, 3.8) is 0 Å². The van der Waals surface area contributed by atoms with Crippen molar-refractivity contribution in [2.45, 2.75) is 6.16 Å². The van der Waals surface area contributed by atoms with Crippen LogP contribution < -0.4 is 11.1 Å². The molecule has 0 fully saturated rings. The first-order valence-corrected chi connectivity index (χ1v) is 6.27. The van der Waals surface area contributed by atoms with E-state index in [9.17, 15) is 4.57 Å². The molecule has 84 valence electrons. The predicted molar refractivity (Wildman–Crippen MR) is 69.7 cm³/mol. The number of nitrogens with one attached hydrogen (secondary N) is 1. The molecule has 0 aliphatic rings. The maximum atomic E-state index is 10.7. The van der Waals surface area contributed by atoms with Crippen molar-refractivity contribution in [3.05, 3.63) is 29.8 Å². The average Bonchev–Trinajstić information content (AvgIpc) is 2.05. The Balaban J connectivity index is 0.00000225. The van der Waals surface area contributed by atoms with Gasteiger partial charge in [-0.3, -0.25) is 4.57 Å². The average molecular weight is 270 g/mol. The van der Waals surface area contributed by atoms with Crippen molar-refractivity contribution < 1.29 is 14.4 Å². The van der Waals surface area contributed by atoms with Crippen molar-refractivity contribution in [1.82, 2.24) is 0 Å². The second-order valence-electron chi connectivity index (χ2n) is 3.01. The Labute approximate surface area is 121 Å². The summed E-state index contributed by atoms with van der Waals surface area (Å²) in [7, 11) is -4.00. The Hall–Kier alpha value is 0.0600. The molecule has 0 spiro atoms. The molecule has 5 nitrogen and oxygen atoms in total. The first-order valence-electron chi connectivity index (χ1n) is 4.07. The molecule has 0 aliphatic carbocycles. The zero-order valence-corrected chi connectivity index (χ0v) is 9.46. The quantitative estimate of drug-likeness (QED) is 0.360. The third-order valence-corrected chi connectivity index (χ3v) is 2.49. The Kier molecular flexibility index (Phi) is 6.74. The SMILES string of the molecule is NC(=S)Nc1ccc(CP(=O)(O)O)cc1.[NaH]. The van der Waals surface area contributed by atoms with Crippen LogP contribution >= 0.6 is 19.8 Å². The summed E-state index contributed by atoms with van der Waals surface area (Å²) in [4.78, 5) is 17.5. The number of hydrogen-bond acceptors (Lipinski definition) is 2. The summed E-state index contributed by atoms with van der Waals surface area (Å²) in [6.45, 7) is 0. The van der Waals surface area contributed by atoms with Crippen LogP contribution in [0.2, 0.25) is 0 Å². The third kappa shape index (κ3) is 6.60. The molecule has 1 aromatic rings. The summed E-state index contributed by atoms with van der Waals surface area (Å²) >= 11 is 4.64. The summed E-state index contributed by atoms with van der Waals surface area (Å²) in [5, 5.41) is 2.86. The Morgan fingerprint density at radius 2 is 1.88 bits per heavy atom. The molecule has 8 heteroatoms. The van der Waals surface area contributed by atoms with E-state index in [4.69, 9.17) is 15.5 Å². The standard InChI is InChI=1S/C8H11N2O3PS.Na.H/c9-8(15)10-7-3-1-6(2-4-7)5-14(11,12)13;;/h1-4H,5H2,(H3,9,10,15)(H2,11,12,13);;. The van der Waals surface area contributed by atoms with Crippen molar-refractivity contribution >= 4 is 60.2 Å². The van der Waals surface area contributed by atoms with E-state index in [0.29, 0.717) is 11.3 Å². The zero-order chi connectivity index (χ0) is 11.5. The van der Waals surface area contributed by atoms with E-state index < -0.39 is 7.60 Å². The first-order chi connectivity index (χ1) is 6.87. The van der Waals surface area contributed by atoms with Crippen molar-refractivity contribution in [2.75, 3.05) is 5.32 Å². The van der Waals surface area contributed by atoms with Crippen LogP contribution in [0, 0.1) is 0 Å². The zero-order valence-electron chi connectivity index (χ0n) is 7.75. The monoisotopic (exact) mass is 270 g/mol. The van der Waals surface area contributed by atoms with Crippen LogP contribution in [0.4, 0.5) is 5.69 Å². The second-order valence-corrected chi connectivity index (χ2v) is 5.09. The van der Waals surface area contributed by atoms with Gasteiger partial charge in [-0.05, 0) is 29.9 Å². The molecule has 0 unspecified atom stereocenters. The van der Waals surface area contributed by atoms with Crippen LogP contribution in [0.5, 0.6) is 0 Å². The molecule has 0 aromatic heterocycles. The molecular formula is C8H12N2NaO3PS. The topological polar surface area (TPSA) is 95.6 Å².